The number of sulfone groups is 1. The molecular formula is C13H21ClIN3O2S2. The van der Waals surface area contributed by atoms with Crippen molar-refractivity contribution in [2.45, 2.75) is 13.0 Å². The van der Waals surface area contributed by atoms with Gasteiger partial charge >= 0.3 is 0 Å². The third-order valence-electron chi connectivity index (χ3n) is 3.47. The van der Waals surface area contributed by atoms with Crippen LogP contribution in [0.2, 0.25) is 4.34 Å². The summed E-state index contributed by atoms with van der Waals surface area (Å²) in [6, 6.07) is 3.88. The van der Waals surface area contributed by atoms with Gasteiger partial charge in [0.15, 0.2) is 15.8 Å². The molecule has 1 aromatic rings. The van der Waals surface area contributed by atoms with Gasteiger partial charge in [0.1, 0.15) is 0 Å². The molecule has 9 heteroatoms. The Morgan fingerprint density at radius 1 is 1.55 bits per heavy atom. The molecule has 1 N–H and O–H groups in total. The highest BCUT2D eigenvalue weighted by molar-refractivity contribution is 14.0. The van der Waals surface area contributed by atoms with Crippen LogP contribution in [-0.2, 0) is 16.4 Å². The van der Waals surface area contributed by atoms with E-state index in [1.54, 1.807) is 18.4 Å². The van der Waals surface area contributed by atoms with E-state index < -0.39 is 9.84 Å². The zero-order chi connectivity index (χ0) is 15.5. The van der Waals surface area contributed by atoms with Gasteiger partial charge in [0.25, 0.3) is 0 Å². The van der Waals surface area contributed by atoms with E-state index in [0.717, 1.165) is 28.1 Å². The zero-order valence-corrected chi connectivity index (χ0v) is 17.3. The Hall–Kier alpha value is -0.0600. The van der Waals surface area contributed by atoms with Gasteiger partial charge in [-0.25, -0.2) is 8.42 Å². The highest BCUT2D eigenvalue weighted by Gasteiger charge is 2.27. The maximum atomic E-state index is 11.5. The standard InChI is InChI=1S/C13H20ClN3O2S2.HI/c1-15-13(16-7-10-5-6-21(18,19)9-10)17(2)8-11-3-4-12(14)20-11;/h3-4,10H,5-9H2,1-2H3,(H,15,16);1H. The molecule has 1 aliphatic rings. The normalized spacial score (nSPS) is 20.5. The number of hydrogen-bond donors (Lipinski definition) is 1. The minimum atomic E-state index is -2.82. The van der Waals surface area contributed by atoms with Crippen molar-refractivity contribution in [2.75, 3.05) is 32.1 Å². The molecule has 1 fully saturated rings. The predicted octanol–water partition coefficient (Wildman–Crippen LogP) is 2.46. The average molecular weight is 478 g/mol. The van der Waals surface area contributed by atoms with Crippen LogP contribution in [0.15, 0.2) is 17.1 Å². The topological polar surface area (TPSA) is 61.8 Å². The quantitative estimate of drug-likeness (QED) is 0.411. The van der Waals surface area contributed by atoms with Crippen molar-refractivity contribution >= 4 is 62.7 Å². The summed E-state index contributed by atoms with van der Waals surface area (Å²) >= 11 is 7.48. The van der Waals surface area contributed by atoms with E-state index in [9.17, 15) is 8.42 Å². The largest absolute Gasteiger partial charge is 0.356 e. The molecule has 0 amide bonds. The van der Waals surface area contributed by atoms with Crippen LogP contribution in [-0.4, -0.2) is 51.4 Å². The number of nitrogens with zero attached hydrogens (tertiary/aromatic N) is 2. The highest BCUT2D eigenvalue weighted by atomic mass is 127. The third kappa shape index (κ3) is 5.86. The molecule has 5 nitrogen and oxygen atoms in total. The van der Waals surface area contributed by atoms with Crippen molar-refractivity contribution in [2.24, 2.45) is 10.9 Å². The van der Waals surface area contributed by atoms with E-state index in [1.165, 1.54) is 0 Å². The number of halogens is 2. The minimum absolute atomic E-state index is 0. The second-order valence-electron chi connectivity index (χ2n) is 5.26. The van der Waals surface area contributed by atoms with E-state index in [-0.39, 0.29) is 35.6 Å². The van der Waals surface area contributed by atoms with Gasteiger partial charge in [-0.3, -0.25) is 4.99 Å². The molecule has 0 aliphatic carbocycles. The minimum Gasteiger partial charge on any atom is -0.356 e. The predicted molar refractivity (Wildman–Crippen MR) is 104 cm³/mol. The number of hydrogen-bond acceptors (Lipinski definition) is 4. The van der Waals surface area contributed by atoms with Gasteiger partial charge in [0, 0.05) is 25.5 Å². The van der Waals surface area contributed by atoms with Crippen LogP contribution in [0.1, 0.15) is 11.3 Å². The van der Waals surface area contributed by atoms with Crippen molar-refractivity contribution in [3.8, 4) is 0 Å². The fourth-order valence-electron chi connectivity index (χ4n) is 2.40. The van der Waals surface area contributed by atoms with Crippen molar-refractivity contribution in [1.82, 2.24) is 10.2 Å². The number of guanidine groups is 1. The molecule has 1 saturated heterocycles. The summed E-state index contributed by atoms with van der Waals surface area (Å²) in [5, 5.41) is 3.26. The summed E-state index contributed by atoms with van der Waals surface area (Å²) in [4.78, 5) is 7.41. The van der Waals surface area contributed by atoms with E-state index in [1.807, 2.05) is 24.1 Å². The van der Waals surface area contributed by atoms with Gasteiger partial charge < -0.3 is 10.2 Å². The number of nitrogens with one attached hydrogen (secondary N) is 1. The van der Waals surface area contributed by atoms with Crippen molar-refractivity contribution in [3.05, 3.63) is 21.3 Å². The number of aliphatic imine (C=N–C) groups is 1. The third-order valence-corrected chi connectivity index (χ3v) is 6.52. The first-order valence-electron chi connectivity index (χ1n) is 6.76. The molecule has 2 rings (SSSR count). The lowest BCUT2D eigenvalue weighted by molar-refractivity contribution is 0.467. The molecule has 2 heterocycles. The molecule has 1 unspecified atom stereocenters. The summed E-state index contributed by atoms with van der Waals surface area (Å²) in [5.41, 5.74) is 0. The van der Waals surface area contributed by atoms with Crippen molar-refractivity contribution in [1.29, 1.82) is 0 Å². The second kappa shape index (κ2) is 8.70. The van der Waals surface area contributed by atoms with Gasteiger partial charge in [0.2, 0.25) is 0 Å². The molecule has 126 valence electrons. The van der Waals surface area contributed by atoms with Gasteiger partial charge in [-0.1, -0.05) is 11.6 Å². The average Bonchev–Trinajstić information content (AvgIpc) is 2.96. The summed E-state index contributed by atoms with van der Waals surface area (Å²) in [6.45, 7) is 1.36. The first kappa shape index (κ1) is 20.0. The lowest BCUT2D eigenvalue weighted by Gasteiger charge is -2.22. The van der Waals surface area contributed by atoms with E-state index >= 15 is 0 Å². The second-order valence-corrected chi connectivity index (χ2v) is 9.29. The molecule has 1 atom stereocenters. The first-order chi connectivity index (χ1) is 9.89. The SMILES string of the molecule is CN=C(NCC1CCS(=O)(=O)C1)N(C)Cc1ccc(Cl)s1.I. The van der Waals surface area contributed by atoms with Crippen LogP contribution in [0, 0.1) is 5.92 Å². The molecule has 22 heavy (non-hydrogen) atoms. The van der Waals surface area contributed by atoms with Crippen LogP contribution in [0.3, 0.4) is 0 Å². The van der Waals surface area contributed by atoms with Gasteiger partial charge in [-0.05, 0) is 24.5 Å². The van der Waals surface area contributed by atoms with Crippen LogP contribution in [0.5, 0.6) is 0 Å². The Morgan fingerprint density at radius 2 is 2.27 bits per heavy atom. The summed E-state index contributed by atoms with van der Waals surface area (Å²) in [7, 11) is 0.858. The lowest BCUT2D eigenvalue weighted by atomic mass is 10.1. The van der Waals surface area contributed by atoms with Crippen molar-refractivity contribution < 1.29 is 8.42 Å². The molecule has 0 bridgehead atoms. The molecular weight excluding hydrogens is 457 g/mol. The Balaban J connectivity index is 0.00000242. The van der Waals surface area contributed by atoms with E-state index in [0.29, 0.717) is 12.3 Å². The van der Waals surface area contributed by atoms with E-state index in [2.05, 4.69) is 10.3 Å². The van der Waals surface area contributed by atoms with Crippen molar-refractivity contribution in [3.63, 3.8) is 0 Å². The zero-order valence-electron chi connectivity index (χ0n) is 12.6. The van der Waals surface area contributed by atoms with Crippen LogP contribution in [0.25, 0.3) is 0 Å². The molecule has 0 aromatic carbocycles. The number of rotatable bonds is 4. The van der Waals surface area contributed by atoms with Crippen LogP contribution < -0.4 is 5.32 Å². The highest BCUT2D eigenvalue weighted by Crippen LogP contribution is 2.22. The van der Waals surface area contributed by atoms with E-state index in [4.69, 9.17) is 11.6 Å². The maximum Gasteiger partial charge on any atom is 0.193 e. The number of thiophene rings is 1. The fourth-order valence-corrected chi connectivity index (χ4v) is 5.40. The summed E-state index contributed by atoms with van der Waals surface area (Å²) in [5.74, 6) is 1.53. The fraction of sp³-hybridized carbons (Fsp3) is 0.615. The molecule has 0 radical (unpaired) electrons. The van der Waals surface area contributed by atoms with Crippen LogP contribution >= 0.6 is 46.9 Å². The summed E-state index contributed by atoms with van der Waals surface area (Å²) in [6.07, 6.45) is 0.733. The Labute approximate surface area is 158 Å². The molecule has 1 aromatic heterocycles. The first-order valence-corrected chi connectivity index (χ1v) is 9.77. The Kier molecular flexibility index (Phi) is 7.90. The monoisotopic (exact) mass is 477 g/mol. The Bertz CT molecular complexity index is 619. The molecule has 0 spiro atoms. The lowest BCUT2D eigenvalue weighted by Crippen LogP contribution is -2.40. The Morgan fingerprint density at radius 3 is 2.77 bits per heavy atom. The molecule has 1 aliphatic heterocycles. The smallest absolute Gasteiger partial charge is 0.193 e. The molecule has 0 saturated carbocycles. The van der Waals surface area contributed by atoms with Crippen LogP contribution in [0.4, 0.5) is 0 Å². The summed E-state index contributed by atoms with van der Waals surface area (Å²) < 4.78 is 23.7. The van der Waals surface area contributed by atoms with Gasteiger partial charge in [0.05, 0.1) is 22.4 Å². The van der Waals surface area contributed by atoms with Gasteiger partial charge in [-0.15, -0.1) is 35.3 Å². The maximum absolute atomic E-state index is 11.5. The van der Waals surface area contributed by atoms with Gasteiger partial charge in [-0.2, -0.15) is 0 Å².